The molecular weight excluding hydrogens is 212 g/mol. The van der Waals surface area contributed by atoms with Crippen molar-refractivity contribution in [3.05, 3.63) is 29.3 Å². The molecule has 15 heavy (non-hydrogen) atoms. The van der Waals surface area contributed by atoms with Gasteiger partial charge in [-0.15, -0.1) is 0 Å². The molecule has 1 saturated heterocycles. The molecule has 0 aliphatic carbocycles. The van der Waals surface area contributed by atoms with Crippen LogP contribution in [0, 0.1) is 13.8 Å². The Hall–Kier alpha value is -1.22. The molecule has 1 amide bonds. The summed E-state index contributed by atoms with van der Waals surface area (Å²) in [5.41, 5.74) is 5.80. The minimum atomic E-state index is -0.292. The summed E-state index contributed by atoms with van der Waals surface area (Å²) in [6.45, 7) is 4.10. The lowest BCUT2D eigenvalue weighted by Gasteiger charge is -2.21. The molecule has 4 heteroatoms. The molecule has 80 valence electrons. The number of hydrazine groups is 1. The second kappa shape index (κ2) is 3.74. The second-order valence-electron chi connectivity index (χ2n) is 3.81. The number of carbonyl (C=O) groups excluding carboxylic acids is 1. The summed E-state index contributed by atoms with van der Waals surface area (Å²) in [5.74, 6) is -0.0340. The third-order valence-electron chi connectivity index (χ3n) is 2.65. The third-order valence-corrected chi connectivity index (χ3v) is 3.00. The van der Waals surface area contributed by atoms with Crippen LogP contribution in [0.3, 0.4) is 0 Å². The summed E-state index contributed by atoms with van der Waals surface area (Å²) in [5, 5.41) is 1.70. The van der Waals surface area contributed by atoms with Crippen LogP contribution in [0.2, 0.25) is 0 Å². The molecule has 1 unspecified atom stereocenters. The molecule has 1 fully saturated rings. The van der Waals surface area contributed by atoms with Gasteiger partial charge in [0.25, 0.3) is 0 Å². The van der Waals surface area contributed by atoms with Gasteiger partial charge in [-0.2, -0.15) is 0 Å². The van der Waals surface area contributed by atoms with Crippen molar-refractivity contribution in [3.63, 3.8) is 0 Å². The Morgan fingerprint density at radius 2 is 2.13 bits per heavy atom. The molecule has 1 aliphatic rings. The van der Waals surface area contributed by atoms with Gasteiger partial charge in [0.05, 0.1) is 12.1 Å². The second-order valence-corrected chi connectivity index (χ2v) is 4.32. The SMILES string of the molecule is Cc1ccc(N2NC(=O)CC2Cl)cc1C. The smallest absolute Gasteiger partial charge is 0.241 e. The zero-order valence-electron chi connectivity index (χ0n) is 8.75. The number of rotatable bonds is 1. The molecule has 0 bridgehead atoms. The van der Waals surface area contributed by atoms with Gasteiger partial charge in [-0.3, -0.25) is 15.2 Å². The molecule has 1 N–H and O–H groups in total. The number of anilines is 1. The van der Waals surface area contributed by atoms with Crippen LogP contribution in [-0.4, -0.2) is 11.4 Å². The monoisotopic (exact) mass is 224 g/mol. The molecule has 0 radical (unpaired) electrons. The molecule has 1 heterocycles. The van der Waals surface area contributed by atoms with Crippen molar-refractivity contribution >= 4 is 23.2 Å². The Morgan fingerprint density at radius 1 is 1.40 bits per heavy atom. The molecule has 0 spiro atoms. The first-order valence-corrected chi connectivity index (χ1v) is 5.31. The molecule has 1 aromatic rings. The topological polar surface area (TPSA) is 32.3 Å². The van der Waals surface area contributed by atoms with Crippen molar-refractivity contribution in [1.82, 2.24) is 5.43 Å². The number of hydrogen-bond acceptors (Lipinski definition) is 2. The third kappa shape index (κ3) is 1.92. The molecule has 2 rings (SSSR count). The fourth-order valence-electron chi connectivity index (χ4n) is 1.60. The highest BCUT2D eigenvalue weighted by Gasteiger charge is 2.28. The summed E-state index contributed by atoms with van der Waals surface area (Å²) in [6.07, 6.45) is 0.342. The Morgan fingerprint density at radius 3 is 2.67 bits per heavy atom. The van der Waals surface area contributed by atoms with Gasteiger partial charge in [0.2, 0.25) is 5.91 Å². The van der Waals surface area contributed by atoms with E-state index in [4.69, 9.17) is 11.6 Å². The Balaban J connectivity index is 2.30. The van der Waals surface area contributed by atoms with E-state index in [1.54, 1.807) is 5.01 Å². The van der Waals surface area contributed by atoms with Crippen LogP contribution in [0.4, 0.5) is 5.69 Å². The molecule has 1 aromatic carbocycles. The molecule has 1 aliphatic heterocycles. The molecule has 0 aromatic heterocycles. The summed E-state index contributed by atoms with van der Waals surface area (Å²) in [6, 6.07) is 6.01. The van der Waals surface area contributed by atoms with Gasteiger partial charge < -0.3 is 0 Å². The number of carbonyl (C=O) groups is 1. The van der Waals surface area contributed by atoms with E-state index >= 15 is 0 Å². The average molecular weight is 225 g/mol. The summed E-state index contributed by atoms with van der Waals surface area (Å²) < 4.78 is 0. The summed E-state index contributed by atoms with van der Waals surface area (Å²) in [7, 11) is 0. The number of halogens is 1. The Bertz CT molecular complexity index is 406. The van der Waals surface area contributed by atoms with Gasteiger partial charge in [0.15, 0.2) is 0 Å². The van der Waals surface area contributed by atoms with Crippen LogP contribution < -0.4 is 10.4 Å². The van der Waals surface area contributed by atoms with Crippen LogP contribution >= 0.6 is 11.6 Å². The van der Waals surface area contributed by atoms with Crippen molar-refractivity contribution in [1.29, 1.82) is 0 Å². The van der Waals surface area contributed by atoms with Crippen LogP contribution in [0.1, 0.15) is 17.5 Å². The fraction of sp³-hybridized carbons (Fsp3) is 0.364. The number of alkyl halides is 1. The maximum Gasteiger partial charge on any atom is 0.241 e. The quantitative estimate of drug-likeness (QED) is 0.586. The zero-order valence-corrected chi connectivity index (χ0v) is 9.51. The number of hydrogen-bond donors (Lipinski definition) is 1. The number of benzene rings is 1. The van der Waals surface area contributed by atoms with Crippen molar-refractivity contribution < 1.29 is 4.79 Å². The van der Waals surface area contributed by atoms with Gasteiger partial charge in [0.1, 0.15) is 5.50 Å². The fourth-order valence-corrected chi connectivity index (χ4v) is 1.90. The number of nitrogens with one attached hydrogen (secondary N) is 1. The largest absolute Gasteiger partial charge is 0.273 e. The number of amides is 1. The van der Waals surface area contributed by atoms with Crippen molar-refractivity contribution in [2.24, 2.45) is 0 Å². The molecule has 3 nitrogen and oxygen atoms in total. The summed E-state index contributed by atoms with van der Waals surface area (Å²) >= 11 is 6.04. The van der Waals surface area contributed by atoms with E-state index in [0.29, 0.717) is 6.42 Å². The maximum absolute atomic E-state index is 11.2. The first kappa shape index (κ1) is 10.3. The van der Waals surface area contributed by atoms with Gasteiger partial charge in [-0.05, 0) is 37.1 Å². The first-order valence-electron chi connectivity index (χ1n) is 4.88. The van der Waals surface area contributed by atoms with E-state index < -0.39 is 0 Å². The highest BCUT2D eigenvalue weighted by molar-refractivity contribution is 6.24. The first-order chi connectivity index (χ1) is 7.08. The van der Waals surface area contributed by atoms with E-state index in [1.807, 2.05) is 25.1 Å². The van der Waals surface area contributed by atoms with E-state index in [0.717, 1.165) is 5.69 Å². The predicted octanol–water partition coefficient (Wildman–Crippen LogP) is 2.11. The molecule has 0 saturated carbocycles. The number of nitrogens with zero attached hydrogens (tertiary/aromatic N) is 1. The van der Waals surface area contributed by atoms with Gasteiger partial charge in [-0.1, -0.05) is 17.7 Å². The van der Waals surface area contributed by atoms with E-state index in [1.165, 1.54) is 11.1 Å². The minimum Gasteiger partial charge on any atom is -0.273 e. The number of aryl methyl sites for hydroxylation is 2. The van der Waals surface area contributed by atoms with Gasteiger partial charge in [0, 0.05) is 0 Å². The lowest BCUT2D eigenvalue weighted by Crippen LogP contribution is -2.36. The van der Waals surface area contributed by atoms with Crippen molar-refractivity contribution in [2.75, 3.05) is 5.01 Å². The van der Waals surface area contributed by atoms with Crippen LogP contribution in [-0.2, 0) is 4.79 Å². The lowest BCUT2D eigenvalue weighted by atomic mass is 10.1. The standard InChI is InChI=1S/C11H13ClN2O/c1-7-3-4-9(5-8(7)2)14-10(12)6-11(15)13-14/h3-5,10H,6H2,1-2H3,(H,13,15). The van der Waals surface area contributed by atoms with E-state index in [-0.39, 0.29) is 11.4 Å². The highest BCUT2D eigenvalue weighted by Crippen LogP contribution is 2.24. The lowest BCUT2D eigenvalue weighted by molar-refractivity contribution is -0.119. The molecule has 1 atom stereocenters. The van der Waals surface area contributed by atoms with Gasteiger partial charge >= 0.3 is 0 Å². The van der Waals surface area contributed by atoms with Crippen molar-refractivity contribution in [2.45, 2.75) is 25.8 Å². The van der Waals surface area contributed by atoms with Crippen LogP contribution in [0.15, 0.2) is 18.2 Å². The normalized spacial score (nSPS) is 20.6. The van der Waals surface area contributed by atoms with Gasteiger partial charge in [-0.25, -0.2) is 0 Å². The predicted molar refractivity (Wildman–Crippen MR) is 60.8 cm³/mol. The minimum absolute atomic E-state index is 0.0340. The highest BCUT2D eigenvalue weighted by atomic mass is 35.5. The maximum atomic E-state index is 11.2. The Labute approximate surface area is 94.0 Å². The molecular formula is C11H13ClN2O. The van der Waals surface area contributed by atoms with E-state index in [2.05, 4.69) is 12.3 Å². The van der Waals surface area contributed by atoms with Crippen molar-refractivity contribution in [3.8, 4) is 0 Å². The van der Waals surface area contributed by atoms with Crippen LogP contribution in [0.25, 0.3) is 0 Å². The van der Waals surface area contributed by atoms with Crippen LogP contribution in [0.5, 0.6) is 0 Å². The zero-order chi connectivity index (χ0) is 11.0. The average Bonchev–Trinajstić information content (AvgIpc) is 2.50. The summed E-state index contributed by atoms with van der Waals surface area (Å²) in [4.78, 5) is 11.2. The van der Waals surface area contributed by atoms with E-state index in [9.17, 15) is 4.79 Å². The Kier molecular flexibility index (Phi) is 2.57.